The number of imidazole rings is 1. The Labute approximate surface area is 94.5 Å². The van der Waals surface area contributed by atoms with Gasteiger partial charge >= 0.3 is 0 Å². The van der Waals surface area contributed by atoms with E-state index >= 15 is 0 Å². The maximum Gasteiger partial charge on any atom is 0.153 e. The number of hydrogen-bond donors (Lipinski definition) is 0. The Morgan fingerprint density at radius 1 is 1.33 bits per heavy atom. The first-order chi connectivity index (χ1) is 7.33. The largest absolute Gasteiger partial charge is 0.463 e. The minimum Gasteiger partial charge on any atom is -0.463 e. The van der Waals surface area contributed by atoms with Gasteiger partial charge in [0.1, 0.15) is 11.3 Å². The van der Waals surface area contributed by atoms with Gasteiger partial charge in [0.2, 0.25) is 0 Å². The summed E-state index contributed by atoms with van der Waals surface area (Å²) in [5.74, 6) is 0.787. The molecule has 3 nitrogen and oxygen atoms in total. The average Bonchev–Trinajstić information content (AvgIpc) is 2.84. The van der Waals surface area contributed by atoms with Crippen LogP contribution in [-0.4, -0.2) is 9.38 Å². The van der Waals surface area contributed by atoms with Crippen molar-refractivity contribution in [3.63, 3.8) is 0 Å². The lowest BCUT2D eigenvalue weighted by atomic mass is 10.4. The van der Waals surface area contributed by atoms with Gasteiger partial charge < -0.3 is 8.82 Å². The third-order valence-electron chi connectivity index (χ3n) is 2.20. The van der Waals surface area contributed by atoms with Gasteiger partial charge in [-0.1, -0.05) is 15.9 Å². The summed E-state index contributed by atoms with van der Waals surface area (Å²) in [6, 6.07) is 7.69. The van der Waals surface area contributed by atoms with Crippen LogP contribution in [-0.2, 0) is 0 Å². The molecule has 0 aliphatic rings. The zero-order chi connectivity index (χ0) is 10.3. The second-order valence-corrected chi connectivity index (χ2v) is 4.13. The number of rotatable bonds is 1. The van der Waals surface area contributed by atoms with Gasteiger partial charge in [-0.15, -0.1) is 0 Å². The summed E-state index contributed by atoms with van der Waals surface area (Å²) in [5.41, 5.74) is 1.74. The maximum atomic E-state index is 5.29. The molecule has 0 amide bonds. The summed E-state index contributed by atoms with van der Waals surface area (Å²) in [4.78, 5) is 4.46. The van der Waals surface area contributed by atoms with E-state index in [9.17, 15) is 0 Å². The molecule has 0 saturated heterocycles. The molecule has 15 heavy (non-hydrogen) atoms. The van der Waals surface area contributed by atoms with Crippen LogP contribution in [0.3, 0.4) is 0 Å². The molecule has 0 aliphatic heterocycles. The van der Waals surface area contributed by atoms with E-state index in [4.69, 9.17) is 4.42 Å². The SMILES string of the molecule is Brc1ccn2cc(-c3ccco3)nc2c1. The van der Waals surface area contributed by atoms with Gasteiger partial charge in [-0.3, -0.25) is 0 Å². The second kappa shape index (κ2) is 3.24. The molecule has 0 aliphatic carbocycles. The van der Waals surface area contributed by atoms with Crippen LogP contribution in [0.1, 0.15) is 0 Å². The topological polar surface area (TPSA) is 30.4 Å². The lowest BCUT2D eigenvalue weighted by Crippen LogP contribution is -1.79. The maximum absolute atomic E-state index is 5.29. The Hall–Kier alpha value is -1.55. The van der Waals surface area contributed by atoms with Gasteiger partial charge in [-0.25, -0.2) is 4.98 Å². The standard InChI is InChI=1S/C11H7BrN2O/c12-8-3-4-14-7-9(13-11(14)6-8)10-2-1-5-15-10/h1-7H. The third kappa shape index (κ3) is 1.47. The van der Waals surface area contributed by atoms with E-state index in [1.54, 1.807) is 6.26 Å². The molecule has 3 aromatic rings. The van der Waals surface area contributed by atoms with Gasteiger partial charge in [0.05, 0.1) is 6.26 Å². The summed E-state index contributed by atoms with van der Waals surface area (Å²) in [6.45, 7) is 0. The van der Waals surface area contributed by atoms with Crippen molar-refractivity contribution in [3.05, 3.63) is 47.4 Å². The highest BCUT2D eigenvalue weighted by Gasteiger charge is 2.06. The summed E-state index contributed by atoms with van der Waals surface area (Å²) in [5, 5.41) is 0. The third-order valence-corrected chi connectivity index (χ3v) is 2.69. The molecule has 0 saturated carbocycles. The van der Waals surface area contributed by atoms with E-state index in [0.717, 1.165) is 21.6 Å². The molecule has 0 aromatic carbocycles. The Morgan fingerprint density at radius 3 is 3.07 bits per heavy atom. The number of aromatic nitrogens is 2. The van der Waals surface area contributed by atoms with E-state index in [-0.39, 0.29) is 0 Å². The van der Waals surface area contributed by atoms with Crippen LogP contribution < -0.4 is 0 Å². The molecule has 4 heteroatoms. The summed E-state index contributed by atoms with van der Waals surface area (Å²) in [7, 11) is 0. The summed E-state index contributed by atoms with van der Waals surface area (Å²) in [6.07, 6.45) is 5.55. The van der Waals surface area contributed by atoms with Crippen molar-refractivity contribution in [3.8, 4) is 11.5 Å². The molecule has 0 N–H and O–H groups in total. The van der Waals surface area contributed by atoms with Crippen LogP contribution in [0.15, 0.2) is 51.8 Å². The highest BCUT2D eigenvalue weighted by molar-refractivity contribution is 9.10. The summed E-state index contributed by atoms with van der Waals surface area (Å²) < 4.78 is 8.27. The van der Waals surface area contributed by atoms with Crippen LogP contribution in [0.25, 0.3) is 17.1 Å². The van der Waals surface area contributed by atoms with E-state index < -0.39 is 0 Å². The Kier molecular flexibility index (Phi) is 1.89. The number of furan rings is 1. The zero-order valence-corrected chi connectivity index (χ0v) is 9.31. The smallest absolute Gasteiger partial charge is 0.153 e. The molecular weight excluding hydrogens is 256 g/mol. The fourth-order valence-electron chi connectivity index (χ4n) is 1.50. The Bertz CT molecular complexity index is 598. The van der Waals surface area contributed by atoms with Crippen molar-refractivity contribution in [2.75, 3.05) is 0 Å². The molecule has 0 bridgehead atoms. The molecule has 0 fully saturated rings. The molecule has 3 rings (SSSR count). The van der Waals surface area contributed by atoms with Gasteiger partial charge in [0.15, 0.2) is 5.76 Å². The van der Waals surface area contributed by atoms with E-state index in [2.05, 4.69) is 20.9 Å². The molecule has 0 atom stereocenters. The molecule has 0 spiro atoms. The quantitative estimate of drug-likeness (QED) is 0.674. The highest BCUT2D eigenvalue weighted by Crippen LogP contribution is 2.20. The van der Waals surface area contributed by atoms with Crippen molar-refractivity contribution in [1.29, 1.82) is 0 Å². The highest BCUT2D eigenvalue weighted by atomic mass is 79.9. The Morgan fingerprint density at radius 2 is 2.27 bits per heavy atom. The van der Waals surface area contributed by atoms with Crippen LogP contribution in [0, 0.1) is 0 Å². The minimum atomic E-state index is 0.787. The lowest BCUT2D eigenvalue weighted by molar-refractivity contribution is 0.580. The first-order valence-corrected chi connectivity index (χ1v) is 5.30. The van der Waals surface area contributed by atoms with Crippen molar-refractivity contribution >= 4 is 21.6 Å². The molecule has 0 unspecified atom stereocenters. The van der Waals surface area contributed by atoms with Crippen molar-refractivity contribution in [1.82, 2.24) is 9.38 Å². The number of fused-ring (bicyclic) bond motifs is 1. The van der Waals surface area contributed by atoms with Crippen molar-refractivity contribution in [2.45, 2.75) is 0 Å². The van der Waals surface area contributed by atoms with E-state index in [1.807, 2.05) is 41.1 Å². The van der Waals surface area contributed by atoms with E-state index in [0.29, 0.717) is 0 Å². The Balaban J connectivity index is 2.22. The monoisotopic (exact) mass is 262 g/mol. The molecule has 3 heterocycles. The fraction of sp³-hybridized carbons (Fsp3) is 0. The number of pyridine rings is 1. The van der Waals surface area contributed by atoms with Crippen LogP contribution >= 0.6 is 15.9 Å². The predicted octanol–water partition coefficient (Wildman–Crippen LogP) is 3.36. The number of nitrogens with zero attached hydrogens (tertiary/aromatic N) is 2. The van der Waals surface area contributed by atoms with Crippen LogP contribution in [0.5, 0.6) is 0 Å². The van der Waals surface area contributed by atoms with Gasteiger partial charge in [-0.2, -0.15) is 0 Å². The summed E-state index contributed by atoms with van der Waals surface area (Å²) >= 11 is 3.41. The van der Waals surface area contributed by atoms with Crippen molar-refractivity contribution in [2.24, 2.45) is 0 Å². The van der Waals surface area contributed by atoms with E-state index in [1.165, 1.54) is 0 Å². The molecule has 74 valence electrons. The second-order valence-electron chi connectivity index (χ2n) is 3.21. The number of hydrogen-bond acceptors (Lipinski definition) is 2. The van der Waals surface area contributed by atoms with Crippen molar-refractivity contribution < 1.29 is 4.42 Å². The first kappa shape index (κ1) is 8.73. The van der Waals surface area contributed by atoms with Gasteiger partial charge in [0, 0.05) is 16.9 Å². The van der Waals surface area contributed by atoms with Gasteiger partial charge in [-0.05, 0) is 24.3 Å². The number of halogens is 1. The van der Waals surface area contributed by atoms with Crippen LogP contribution in [0.2, 0.25) is 0 Å². The molecular formula is C11H7BrN2O. The molecule has 3 aromatic heterocycles. The normalized spacial score (nSPS) is 11.0. The van der Waals surface area contributed by atoms with Crippen LogP contribution in [0.4, 0.5) is 0 Å². The van der Waals surface area contributed by atoms with Gasteiger partial charge in [0.25, 0.3) is 0 Å². The lowest BCUT2D eigenvalue weighted by Gasteiger charge is -1.91. The predicted molar refractivity (Wildman–Crippen MR) is 60.6 cm³/mol. The first-order valence-electron chi connectivity index (χ1n) is 4.51. The minimum absolute atomic E-state index is 0.787. The zero-order valence-electron chi connectivity index (χ0n) is 7.72. The fourth-order valence-corrected chi connectivity index (χ4v) is 1.82. The average molecular weight is 263 g/mol. The molecule has 0 radical (unpaired) electrons.